The molecule has 0 atom stereocenters. The lowest BCUT2D eigenvalue weighted by Gasteiger charge is -2.40. The van der Waals surface area contributed by atoms with Gasteiger partial charge in [0, 0.05) is 17.3 Å². The van der Waals surface area contributed by atoms with Crippen LogP contribution in [0.1, 0.15) is 41.0 Å². The molecule has 5 heteroatoms. The van der Waals surface area contributed by atoms with Crippen LogP contribution in [0.25, 0.3) is 28.2 Å². The number of pyridine rings is 1. The number of furan rings is 1. The zero-order valence-electron chi connectivity index (χ0n) is 18.4. The molecule has 0 bridgehead atoms. The Balaban J connectivity index is 1.94. The Morgan fingerprint density at radius 2 is 1.63 bits per heavy atom. The number of nitrogens with two attached hydrogens (primary N) is 1. The maximum Gasteiger partial charge on any atom is 0.156 e. The number of rotatable bonds is 5. The number of hydrogen-bond acceptors (Lipinski definition) is 4. The Bertz CT molecular complexity index is 1150. The Labute approximate surface area is 178 Å². The van der Waals surface area contributed by atoms with Crippen LogP contribution in [0.3, 0.4) is 0 Å². The molecule has 0 spiro atoms. The predicted molar refractivity (Wildman–Crippen MR) is 123 cm³/mol. The monoisotopic (exact) mass is 402 g/mol. The molecule has 4 rings (SSSR count). The van der Waals surface area contributed by atoms with E-state index in [-0.39, 0.29) is 11.0 Å². The number of nitrogens with zero attached hydrogens (tertiary/aromatic N) is 3. The molecule has 3 heterocycles. The molecule has 0 saturated heterocycles. The van der Waals surface area contributed by atoms with Gasteiger partial charge in [-0.25, -0.2) is 10.8 Å². The third kappa shape index (κ3) is 3.73. The fourth-order valence-corrected chi connectivity index (χ4v) is 4.40. The summed E-state index contributed by atoms with van der Waals surface area (Å²) in [6, 6.07) is 18.1. The molecular formula is C25H30N4O. The number of fused-ring (bicyclic) bond motifs is 1. The van der Waals surface area contributed by atoms with E-state index < -0.39 is 0 Å². The quantitative estimate of drug-likeness (QED) is 0.321. The van der Waals surface area contributed by atoms with E-state index in [0.29, 0.717) is 0 Å². The molecule has 0 aliphatic rings. The van der Waals surface area contributed by atoms with Crippen molar-refractivity contribution >= 4 is 11.5 Å². The molecule has 1 aromatic carbocycles. The summed E-state index contributed by atoms with van der Waals surface area (Å²) in [7, 11) is 0. The molecule has 156 valence electrons. The zero-order valence-corrected chi connectivity index (χ0v) is 18.4. The summed E-state index contributed by atoms with van der Waals surface area (Å²) in [6.45, 7) is 11.1. The van der Waals surface area contributed by atoms with Gasteiger partial charge in [0.1, 0.15) is 17.1 Å². The van der Waals surface area contributed by atoms with Gasteiger partial charge in [-0.05, 0) is 49.9 Å². The second-order valence-corrected chi connectivity index (χ2v) is 9.66. The Hall–Kier alpha value is -3.05. The number of aromatic nitrogens is 2. The van der Waals surface area contributed by atoms with Crippen molar-refractivity contribution < 1.29 is 4.42 Å². The third-order valence-corrected chi connectivity index (χ3v) is 5.32. The summed E-state index contributed by atoms with van der Waals surface area (Å²) in [5, 5.41) is 1.88. The lowest BCUT2D eigenvalue weighted by molar-refractivity contribution is 0.272. The normalized spacial score (nSPS) is 12.5. The Kier molecular flexibility index (Phi) is 4.94. The fourth-order valence-electron chi connectivity index (χ4n) is 4.40. The third-order valence-electron chi connectivity index (χ3n) is 5.32. The highest BCUT2D eigenvalue weighted by molar-refractivity contribution is 5.87. The summed E-state index contributed by atoms with van der Waals surface area (Å²) in [6.07, 6.45) is 4.64. The van der Waals surface area contributed by atoms with Gasteiger partial charge in [0.15, 0.2) is 5.82 Å². The minimum Gasteiger partial charge on any atom is -0.464 e. The number of benzene rings is 1. The van der Waals surface area contributed by atoms with Crippen molar-refractivity contribution in [2.75, 3.05) is 5.01 Å². The summed E-state index contributed by atoms with van der Waals surface area (Å²) < 4.78 is 7.78. The van der Waals surface area contributed by atoms with Crippen LogP contribution >= 0.6 is 0 Å². The van der Waals surface area contributed by atoms with E-state index in [9.17, 15) is 0 Å². The highest BCUT2D eigenvalue weighted by atomic mass is 16.3. The van der Waals surface area contributed by atoms with E-state index in [1.165, 1.54) is 0 Å². The molecule has 4 aromatic rings. The van der Waals surface area contributed by atoms with E-state index in [2.05, 4.69) is 51.2 Å². The smallest absolute Gasteiger partial charge is 0.156 e. The SMILES string of the molecule is CC(C)(C)CC(C)(C)N(N)c1c(-c2ccccc2-c2ccco2)nc2ccccn12. The standard InChI is InChI=1S/C25H30N4O/c1-24(2,3)17-25(4,5)29(26)23-22(27-21-14-8-9-15-28(21)23)19-12-7-6-11-18(19)20-13-10-16-30-20/h6-16H,17,26H2,1-5H3. The second kappa shape index (κ2) is 7.33. The van der Waals surface area contributed by atoms with Gasteiger partial charge >= 0.3 is 0 Å². The second-order valence-electron chi connectivity index (χ2n) is 9.66. The van der Waals surface area contributed by atoms with Crippen LogP contribution in [0.5, 0.6) is 0 Å². The fraction of sp³-hybridized carbons (Fsp3) is 0.320. The van der Waals surface area contributed by atoms with Gasteiger partial charge in [0.25, 0.3) is 0 Å². The predicted octanol–water partition coefficient (Wildman–Crippen LogP) is 6.16. The highest BCUT2D eigenvalue weighted by Gasteiger charge is 2.34. The lowest BCUT2D eigenvalue weighted by atomic mass is 9.81. The van der Waals surface area contributed by atoms with Crippen LogP contribution in [-0.4, -0.2) is 14.9 Å². The molecule has 0 saturated carbocycles. The van der Waals surface area contributed by atoms with Crippen molar-refractivity contribution in [3.05, 3.63) is 67.1 Å². The van der Waals surface area contributed by atoms with Crippen LogP contribution < -0.4 is 10.9 Å². The largest absolute Gasteiger partial charge is 0.464 e. The Morgan fingerprint density at radius 1 is 0.933 bits per heavy atom. The van der Waals surface area contributed by atoms with E-state index >= 15 is 0 Å². The van der Waals surface area contributed by atoms with Crippen LogP contribution in [0.2, 0.25) is 0 Å². The number of hydrogen-bond donors (Lipinski definition) is 1. The first-order valence-electron chi connectivity index (χ1n) is 10.3. The van der Waals surface area contributed by atoms with E-state index in [1.807, 2.05) is 53.7 Å². The van der Waals surface area contributed by atoms with Crippen LogP contribution in [-0.2, 0) is 0 Å². The first-order valence-corrected chi connectivity index (χ1v) is 10.3. The summed E-state index contributed by atoms with van der Waals surface area (Å²) in [5.74, 6) is 8.53. The van der Waals surface area contributed by atoms with Crippen LogP contribution in [0, 0.1) is 5.41 Å². The number of anilines is 1. The van der Waals surface area contributed by atoms with E-state index in [4.69, 9.17) is 15.2 Å². The molecule has 0 fully saturated rings. The van der Waals surface area contributed by atoms with E-state index in [0.717, 1.165) is 40.5 Å². The molecule has 0 aliphatic carbocycles. The minimum atomic E-state index is -0.279. The maximum absolute atomic E-state index is 6.85. The molecule has 3 aromatic heterocycles. The van der Waals surface area contributed by atoms with Gasteiger partial charge in [-0.2, -0.15) is 0 Å². The van der Waals surface area contributed by atoms with Crippen molar-refractivity contribution in [2.45, 2.75) is 46.6 Å². The van der Waals surface area contributed by atoms with Gasteiger partial charge in [-0.3, -0.25) is 9.41 Å². The molecule has 5 nitrogen and oxygen atoms in total. The average molecular weight is 403 g/mol. The first-order chi connectivity index (χ1) is 14.2. The van der Waals surface area contributed by atoms with Crippen molar-refractivity contribution in [3.63, 3.8) is 0 Å². The van der Waals surface area contributed by atoms with Gasteiger partial charge in [0.05, 0.1) is 11.8 Å². The van der Waals surface area contributed by atoms with Crippen molar-refractivity contribution in [1.82, 2.24) is 9.38 Å². The van der Waals surface area contributed by atoms with Crippen molar-refractivity contribution in [3.8, 4) is 22.6 Å². The van der Waals surface area contributed by atoms with Gasteiger partial charge < -0.3 is 4.42 Å². The first kappa shape index (κ1) is 20.2. The van der Waals surface area contributed by atoms with Crippen LogP contribution in [0.15, 0.2) is 71.5 Å². The summed E-state index contributed by atoms with van der Waals surface area (Å²) >= 11 is 0. The highest BCUT2D eigenvalue weighted by Crippen LogP contribution is 2.40. The molecule has 0 unspecified atom stereocenters. The summed E-state index contributed by atoms with van der Waals surface area (Å²) in [5.41, 5.74) is 3.55. The molecular weight excluding hydrogens is 372 g/mol. The average Bonchev–Trinajstić information content (AvgIpc) is 3.33. The van der Waals surface area contributed by atoms with Crippen LogP contribution in [0.4, 0.5) is 5.82 Å². The van der Waals surface area contributed by atoms with E-state index in [1.54, 1.807) is 6.26 Å². The van der Waals surface area contributed by atoms with Gasteiger partial charge in [-0.1, -0.05) is 51.1 Å². The molecule has 0 aliphatic heterocycles. The number of hydrazine groups is 1. The van der Waals surface area contributed by atoms with Crippen molar-refractivity contribution in [2.24, 2.45) is 11.3 Å². The molecule has 30 heavy (non-hydrogen) atoms. The number of imidazole rings is 1. The molecule has 0 radical (unpaired) electrons. The maximum atomic E-state index is 6.85. The Morgan fingerprint density at radius 3 is 2.30 bits per heavy atom. The van der Waals surface area contributed by atoms with Crippen molar-refractivity contribution in [1.29, 1.82) is 0 Å². The van der Waals surface area contributed by atoms with Gasteiger partial charge in [-0.15, -0.1) is 0 Å². The zero-order chi connectivity index (χ0) is 21.5. The summed E-state index contributed by atoms with van der Waals surface area (Å²) in [4.78, 5) is 4.98. The molecule has 0 amide bonds. The lowest BCUT2D eigenvalue weighted by Crippen LogP contribution is -2.51. The minimum absolute atomic E-state index is 0.133. The van der Waals surface area contributed by atoms with Gasteiger partial charge in [0.2, 0.25) is 0 Å². The molecule has 2 N–H and O–H groups in total. The topological polar surface area (TPSA) is 59.7 Å².